The van der Waals surface area contributed by atoms with Crippen molar-refractivity contribution in [3.63, 3.8) is 0 Å². The standard InChI is InChI=1S/C13H8O4/c14-10-3-1-2-7-4-9-11(15)6-13(16)17-12(9)5-8(7)10/h1-6,14-15H. The van der Waals surface area contributed by atoms with Crippen LogP contribution in [0.4, 0.5) is 0 Å². The highest BCUT2D eigenvalue weighted by Crippen LogP contribution is 2.31. The first kappa shape index (κ1) is 9.72. The van der Waals surface area contributed by atoms with E-state index >= 15 is 0 Å². The van der Waals surface area contributed by atoms with Crippen molar-refractivity contribution in [2.75, 3.05) is 0 Å². The van der Waals surface area contributed by atoms with E-state index in [2.05, 4.69) is 0 Å². The molecule has 0 atom stereocenters. The SMILES string of the molecule is O=c1cc(O)c2cc3cccc(O)c3cc2o1. The first-order valence-electron chi connectivity index (χ1n) is 5.04. The zero-order valence-corrected chi connectivity index (χ0v) is 8.68. The van der Waals surface area contributed by atoms with Crippen molar-refractivity contribution >= 4 is 21.7 Å². The van der Waals surface area contributed by atoms with Gasteiger partial charge in [-0.2, -0.15) is 0 Å². The molecule has 0 bridgehead atoms. The second kappa shape index (κ2) is 3.25. The van der Waals surface area contributed by atoms with E-state index in [9.17, 15) is 15.0 Å². The Morgan fingerprint density at radius 2 is 1.76 bits per heavy atom. The maximum Gasteiger partial charge on any atom is 0.339 e. The molecule has 1 aromatic heterocycles. The van der Waals surface area contributed by atoms with Gasteiger partial charge in [-0.3, -0.25) is 0 Å². The molecule has 0 spiro atoms. The van der Waals surface area contributed by atoms with Gasteiger partial charge in [-0.05, 0) is 23.6 Å². The number of hydrogen-bond donors (Lipinski definition) is 2. The van der Waals surface area contributed by atoms with Crippen molar-refractivity contribution in [2.24, 2.45) is 0 Å². The molecule has 4 heteroatoms. The third kappa shape index (κ3) is 1.42. The number of phenols is 1. The van der Waals surface area contributed by atoms with Crippen molar-refractivity contribution < 1.29 is 14.6 Å². The third-order valence-corrected chi connectivity index (χ3v) is 2.70. The molecule has 2 N–H and O–H groups in total. The van der Waals surface area contributed by atoms with E-state index in [0.717, 1.165) is 11.5 Å². The van der Waals surface area contributed by atoms with E-state index in [1.165, 1.54) is 0 Å². The van der Waals surface area contributed by atoms with Crippen LogP contribution >= 0.6 is 0 Å². The Labute approximate surface area is 95.3 Å². The lowest BCUT2D eigenvalue weighted by molar-refractivity contribution is 0.467. The van der Waals surface area contributed by atoms with Crippen molar-refractivity contribution in [2.45, 2.75) is 0 Å². The number of aromatic hydroxyl groups is 2. The van der Waals surface area contributed by atoms with Gasteiger partial charge in [0.25, 0.3) is 0 Å². The molecule has 84 valence electrons. The third-order valence-electron chi connectivity index (χ3n) is 2.70. The van der Waals surface area contributed by atoms with Crippen LogP contribution < -0.4 is 5.63 Å². The average Bonchev–Trinajstić information content (AvgIpc) is 2.28. The van der Waals surface area contributed by atoms with E-state index in [0.29, 0.717) is 10.8 Å². The first-order valence-corrected chi connectivity index (χ1v) is 5.04. The maximum atomic E-state index is 11.1. The molecule has 4 nitrogen and oxygen atoms in total. The summed E-state index contributed by atoms with van der Waals surface area (Å²) in [7, 11) is 0. The number of benzene rings is 2. The quantitative estimate of drug-likeness (QED) is 0.457. The predicted molar refractivity (Wildman–Crippen MR) is 63.3 cm³/mol. The zero-order chi connectivity index (χ0) is 12.0. The van der Waals surface area contributed by atoms with Gasteiger partial charge < -0.3 is 14.6 Å². The van der Waals surface area contributed by atoms with E-state index in [4.69, 9.17) is 4.42 Å². The minimum absolute atomic E-state index is 0.107. The summed E-state index contributed by atoms with van der Waals surface area (Å²) in [5, 5.41) is 21.1. The second-order valence-electron chi connectivity index (χ2n) is 3.80. The van der Waals surface area contributed by atoms with Crippen LogP contribution in [0.2, 0.25) is 0 Å². The molecular weight excluding hydrogens is 220 g/mol. The van der Waals surface area contributed by atoms with Gasteiger partial charge in [0.15, 0.2) is 0 Å². The van der Waals surface area contributed by atoms with Crippen LogP contribution in [-0.4, -0.2) is 10.2 Å². The molecule has 0 saturated carbocycles. The Bertz CT molecular complexity index is 786. The van der Waals surface area contributed by atoms with Gasteiger partial charge in [-0.15, -0.1) is 0 Å². The highest BCUT2D eigenvalue weighted by atomic mass is 16.4. The van der Waals surface area contributed by atoms with Gasteiger partial charge in [0.2, 0.25) is 0 Å². The highest BCUT2D eigenvalue weighted by molar-refractivity contribution is 6.00. The molecule has 0 aliphatic heterocycles. The Hall–Kier alpha value is -2.49. The van der Waals surface area contributed by atoms with E-state index in [1.807, 2.05) is 0 Å². The van der Waals surface area contributed by atoms with Crippen LogP contribution in [-0.2, 0) is 0 Å². The lowest BCUT2D eigenvalue weighted by atomic mass is 10.1. The Kier molecular flexibility index (Phi) is 1.86. The Morgan fingerprint density at radius 1 is 0.941 bits per heavy atom. The minimum atomic E-state index is -0.621. The van der Waals surface area contributed by atoms with Crippen LogP contribution in [0.3, 0.4) is 0 Å². The van der Waals surface area contributed by atoms with Crippen molar-refractivity contribution in [3.8, 4) is 11.5 Å². The molecule has 0 fully saturated rings. The summed E-state index contributed by atoms with van der Waals surface area (Å²) in [5.74, 6) is -0.0168. The molecule has 3 rings (SSSR count). The van der Waals surface area contributed by atoms with Gasteiger partial charge in [0.1, 0.15) is 17.1 Å². The highest BCUT2D eigenvalue weighted by Gasteiger charge is 2.07. The Morgan fingerprint density at radius 3 is 2.59 bits per heavy atom. The normalized spacial score (nSPS) is 11.1. The topological polar surface area (TPSA) is 70.7 Å². The molecular formula is C13H8O4. The van der Waals surface area contributed by atoms with E-state index in [1.54, 1.807) is 30.3 Å². The summed E-state index contributed by atoms with van der Waals surface area (Å²) in [6.07, 6.45) is 0. The summed E-state index contributed by atoms with van der Waals surface area (Å²) < 4.78 is 4.98. The van der Waals surface area contributed by atoms with Crippen molar-refractivity contribution in [1.82, 2.24) is 0 Å². The summed E-state index contributed by atoms with van der Waals surface area (Å²) in [6, 6.07) is 9.30. The predicted octanol–water partition coefficient (Wildman–Crippen LogP) is 2.36. The molecule has 0 saturated heterocycles. The smallest absolute Gasteiger partial charge is 0.339 e. The number of rotatable bonds is 0. The van der Waals surface area contributed by atoms with Gasteiger partial charge in [0.05, 0.1) is 11.5 Å². The van der Waals surface area contributed by atoms with Gasteiger partial charge in [-0.25, -0.2) is 4.79 Å². The summed E-state index contributed by atoms with van der Waals surface area (Å²) in [5.41, 5.74) is -0.367. The monoisotopic (exact) mass is 228 g/mol. The fourth-order valence-corrected chi connectivity index (χ4v) is 1.90. The molecule has 1 heterocycles. The van der Waals surface area contributed by atoms with Crippen LogP contribution in [0.25, 0.3) is 21.7 Å². The van der Waals surface area contributed by atoms with Crippen LogP contribution in [0.15, 0.2) is 45.6 Å². The molecule has 0 radical (unpaired) electrons. The largest absolute Gasteiger partial charge is 0.507 e. The molecule has 0 aliphatic rings. The molecule has 2 aromatic carbocycles. The minimum Gasteiger partial charge on any atom is -0.507 e. The Balaban J connectivity index is 2.57. The lowest BCUT2D eigenvalue weighted by Gasteiger charge is -2.04. The fourth-order valence-electron chi connectivity index (χ4n) is 1.90. The number of hydrogen-bond acceptors (Lipinski definition) is 4. The number of phenolic OH excluding ortho intramolecular Hbond substituents is 1. The van der Waals surface area contributed by atoms with Crippen LogP contribution in [0, 0.1) is 0 Å². The van der Waals surface area contributed by atoms with Crippen LogP contribution in [0.5, 0.6) is 11.5 Å². The van der Waals surface area contributed by atoms with Crippen molar-refractivity contribution in [1.29, 1.82) is 0 Å². The van der Waals surface area contributed by atoms with Gasteiger partial charge >= 0.3 is 5.63 Å². The molecule has 0 amide bonds. The van der Waals surface area contributed by atoms with E-state index in [-0.39, 0.29) is 17.1 Å². The molecule has 17 heavy (non-hydrogen) atoms. The van der Waals surface area contributed by atoms with Gasteiger partial charge in [0, 0.05) is 5.39 Å². The van der Waals surface area contributed by atoms with Crippen molar-refractivity contribution in [3.05, 3.63) is 46.8 Å². The van der Waals surface area contributed by atoms with E-state index < -0.39 is 5.63 Å². The average molecular weight is 228 g/mol. The molecule has 0 aliphatic carbocycles. The van der Waals surface area contributed by atoms with Gasteiger partial charge in [-0.1, -0.05) is 12.1 Å². The lowest BCUT2D eigenvalue weighted by Crippen LogP contribution is -1.95. The number of fused-ring (bicyclic) bond motifs is 2. The molecule has 0 unspecified atom stereocenters. The maximum absolute atomic E-state index is 11.1. The summed E-state index contributed by atoms with van der Waals surface area (Å²) >= 11 is 0. The first-order chi connectivity index (χ1) is 8.15. The zero-order valence-electron chi connectivity index (χ0n) is 8.68. The summed E-state index contributed by atoms with van der Waals surface area (Å²) in [4.78, 5) is 11.1. The molecule has 3 aromatic rings. The second-order valence-corrected chi connectivity index (χ2v) is 3.80. The fraction of sp³-hybridized carbons (Fsp3) is 0. The summed E-state index contributed by atoms with van der Waals surface area (Å²) in [6.45, 7) is 0. The van der Waals surface area contributed by atoms with Crippen LogP contribution in [0.1, 0.15) is 0 Å².